The number of pyridine rings is 1. The minimum Gasteiger partial charge on any atom is -0.389 e. The number of terminal acetylenes is 1. The number of aromatic nitrogens is 2. The molecule has 1 atom stereocenters. The van der Waals surface area contributed by atoms with E-state index >= 15 is 0 Å². The number of nitrogens with zero attached hydrogens (tertiary/aromatic N) is 2. The summed E-state index contributed by atoms with van der Waals surface area (Å²) in [4.78, 5) is 12.7. The highest BCUT2D eigenvalue weighted by Gasteiger charge is 2.18. The number of nitrogens with one attached hydrogen (secondary N) is 1. The van der Waals surface area contributed by atoms with Crippen molar-refractivity contribution < 1.29 is 9.50 Å². The largest absolute Gasteiger partial charge is 0.389 e. The fourth-order valence-electron chi connectivity index (χ4n) is 3.64. The van der Waals surface area contributed by atoms with E-state index in [0.29, 0.717) is 16.9 Å². The molecule has 6 heteroatoms. The van der Waals surface area contributed by atoms with Gasteiger partial charge in [0, 0.05) is 18.3 Å². The molecule has 4 aromatic rings. The predicted octanol–water partition coefficient (Wildman–Crippen LogP) is 3.16. The molecule has 0 saturated heterocycles. The maximum Gasteiger partial charge on any atom is 0.257 e. The van der Waals surface area contributed by atoms with E-state index in [1.165, 1.54) is 18.2 Å². The van der Waals surface area contributed by atoms with Gasteiger partial charge in [0.05, 0.1) is 29.2 Å². The second-order valence-corrected chi connectivity index (χ2v) is 6.98. The lowest BCUT2D eigenvalue weighted by atomic mass is 10.1. The van der Waals surface area contributed by atoms with Gasteiger partial charge in [0.15, 0.2) is 0 Å². The molecule has 0 fully saturated rings. The summed E-state index contributed by atoms with van der Waals surface area (Å²) in [6.07, 6.45) is 4.99. The van der Waals surface area contributed by atoms with Crippen molar-refractivity contribution in [1.29, 1.82) is 0 Å². The first-order valence-electron chi connectivity index (χ1n) is 9.27. The number of hydrogen-bond donors (Lipinski definition) is 2. The van der Waals surface area contributed by atoms with Crippen molar-refractivity contribution in [2.45, 2.75) is 19.6 Å². The van der Waals surface area contributed by atoms with Crippen molar-refractivity contribution in [3.8, 4) is 12.3 Å². The van der Waals surface area contributed by atoms with Crippen LogP contribution in [-0.2, 0) is 6.54 Å². The van der Waals surface area contributed by atoms with Crippen molar-refractivity contribution in [2.75, 3.05) is 11.9 Å². The quantitative estimate of drug-likeness (QED) is 0.516. The number of hydrogen-bond acceptors (Lipinski definition) is 3. The summed E-state index contributed by atoms with van der Waals surface area (Å²) in [6, 6.07) is 15.0. The van der Waals surface area contributed by atoms with Crippen molar-refractivity contribution in [1.82, 2.24) is 8.97 Å². The minimum atomic E-state index is -0.763. The highest BCUT2D eigenvalue weighted by molar-refractivity contribution is 5.84. The second kappa shape index (κ2) is 7.46. The summed E-state index contributed by atoms with van der Waals surface area (Å²) in [5.41, 5.74) is 4.05. The molecule has 0 amide bonds. The third-order valence-electron chi connectivity index (χ3n) is 4.98. The predicted molar refractivity (Wildman–Crippen MR) is 113 cm³/mol. The average molecular weight is 389 g/mol. The number of rotatable bonds is 5. The molecule has 0 aliphatic heterocycles. The smallest absolute Gasteiger partial charge is 0.257 e. The molecule has 2 aromatic carbocycles. The van der Waals surface area contributed by atoms with Crippen molar-refractivity contribution in [2.24, 2.45) is 0 Å². The zero-order valence-corrected chi connectivity index (χ0v) is 15.9. The number of halogens is 1. The molecule has 0 bridgehead atoms. The van der Waals surface area contributed by atoms with Gasteiger partial charge in [0.1, 0.15) is 11.5 Å². The Hall–Kier alpha value is -3.56. The number of fused-ring (bicyclic) bond motifs is 3. The molecule has 2 heterocycles. The van der Waals surface area contributed by atoms with E-state index in [1.807, 2.05) is 35.8 Å². The van der Waals surface area contributed by atoms with Crippen LogP contribution >= 0.6 is 0 Å². The van der Waals surface area contributed by atoms with Crippen LogP contribution in [-0.4, -0.2) is 26.7 Å². The molecule has 0 aliphatic rings. The van der Waals surface area contributed by atoms with Gasteiger partial charge in [0.25, 0.3) is 5.56 Å². The molecule has 5 nitrogen and oxygen atoms in total. The Morgan fingerprint density at radius 2 is 1.86 bits per heavy atom. The first-order valence-corrected chi connectivity index (χ1v) is 9.27. The standard InChI is InChI=1S/C23H20FN3O2/c1-3-19-15(2)12-22(29)27-21-7-5-4-6-20(21)26(23(19)27)14-18(28)13-25-17-10-8-16(24)9-11-17/h1,4-12,18,25,28H,13-14H2,2H3. The number of imidazole rings is 1. The van der Waals surface area contributed by atoms with Gasteiger partial charge in [-0.1, -0.05) is 18.1 Å². The van der Waals surface area contributed by atoms with Crippen LogP contribution in [0.25, 0.3) is 16.7 Å². The van der Waals surface area contributed by atoms with Crippen molar-refractivity contribution in [3.63, 3.8) is 0 Å². The average Bonchev–Trinajstić information content (AvgIpc) is 3.03. The van der Waals surface area contributed by atoms with Gasteiger partial charge in [-0.05, 0) is 48.9 Å². The van der Waals surface area contributed by atoms with Gasteiger partial charge < -0.3 is 15.0 Å². The zero-order valence-electron chi connectivity index (χ0n) is 15.9. The first kappa shape index (κ1) is 18.8. The maximum atomic E-state index is 13.0. The monoisotopic (exact) mass is 389 g/mol. The third-order valence-corrected chi connectivity index (χ3v) is 4.98. The van der Waals surface area contributed by atoms with Crippen molar-refractivity contribution in [3.05, 3.63) is 81.9 Å². The molecule has 0 saturated carbocycles. The number of para-hydroxylation sites is 2. The zero-order chi connectivity index (χ0) is 20.5. The lowest BCUT2D eigenvalue weighted by molar-refractivity contribution is 0.169. The highest BCUT2D eigenvalue weighted by Crippen LogP contribution is 2.24. The Morgan fingerprint density at radius 3 is 2.55 bits per heavy atom. The molecular weight excluding hydrogens is 369 g/mol. The molecular formula is C23H20FN3O2. The van der Waals surface area contributed by atoms with Gasteiger partial charge in [-0.25, -0.2) is 4.39 Å². The molecule has 146 valence electrons. The topological polar surface area (TPSA) is 58.7 Å². The molecule has 1 unspecified atom stereocenters. The summed E-state index contributed by atoms with van der Waals surface area (Å²) >= 11 is 0. The van der Waals surface area contributed by atoms with Crippen LogP contribution in [0.4, 0.5) is 10.1 Å². The Balaban J connectivity index is 1.75. The first-order chi connectivity index (χ1) is 14.0. The van der Waals surface area contributed by atoms with E-state index in [0.717, 1.165) is 16.6 Å². The lowest BCUT2D eigenvalue weighted by Gasteiger charge is -2.16. The normalized spacial score (nSPS) is 12.2. The molecule has 4 rings (SSSR count). The van der Waals surface area contributed by atoms with Crippen LogP contribution in [0.2, 0.25) is 0 Å². The van der Waals surface area contributed by atoms with Gasteiger partial charge in [0.2, 0.25) is 0 Å². The van der Waals surface area contributed by atoms with E-state index in [4.69, 9.17) is 6.42 Å². The summed E-state index contributed by atoms with van der Waals surface area (Å²) < 4.78 is 16.5. The fraction of sp³-hybridized carbons (Fsp3) is 0.174. The van der Waals surface area contributed by atoms with Gasteiger partial charge in [-0.15, -0.1) is 6.42 Å². The SMILES string of the molecule is C#Cc1c(C)cc(=O)n2c3ccccc3n(CC(O)CNc3ccc(F)cc3)c12. The van der Waals surface area contributed by atoms with Gasteiger partial charge in [-0.3, -0.25) is 9.20 Å². The fourth-order valence-corrected chi connectivity index (χ4v) is 3.64. The number of anilines is 1. The second-order valence-electron chi connectivity index (χ2n) is 6.98. The summed E-state index contributed by atoms with van der Waals surface area (Å²) in [6.45, 7) is 2.31. The van der Waals surface area contributed by atoms with Crippen molar-refractivity contribution >= 4 is 22.4 Å². The Labute approximate surface area is 167 Å². The molecule has 0 radical (unpaired) electrons. The molecule has 29 heavy (non-hydrogen) atoms. The van der Waals surface area contributed by atoms with Crippen LogP contribution < -0.4 is 10.9 Å². The summed E-state index contributed by atoms with van der Waals surface area (Å²) in [5.74, 6) is 2.37. The van der Waals surface area contributed by atoms with Crippen LogP contribution in [0.15, 0.2) is 59.4 Å². The van der Waals surface area contributed by atoms with E-state index in [1.54, 1.807) is 16.5 Å². The van der Waals surface area contributed by atoms with Gasteiger partial charge >= 0.3 is 0 Å². The van der Waals surface area contributed by atoms with E-state index < -0.39 is 6.10 Å². The highest BCUT2D eigenvalue weighted by atomic mass is 19.1. The van der Waals surface area contributed by atoms with E-state index in [9.17, 15) is 14.3 Å². The number of aliphatic hydroxyl groups excluding tert-OH is 1. The number of aryl methyl sites for hydroxylation is 1. The third kappa shape index (κ3) is 3.37. The minimum absolute atomic E-state index is 0.162. The summed E-state index contributed by atoms with van der Waals surface area (Å²) in [5, 5.41) is 13.8. The molecule has 0 aliphatic carbocycles. The maximum absolute atomic E-state index is 13.0. The Kier molecular flexibility index (Phi) is 4.83. The van der Waals surface area contributed by atoms with Gasteiger partial charge in [-0.2, -0.15) is 0 Å². The number of benzene rings is 2. The van der Waals surface area contributed by atoms with E-state index in [-0.39, 0.29) is 24.5 Å². The lowest BCUT2D eigenvalue weighted by Crippen LogP contribution is -2.25. The Bertz CT molecular complexity index is 1300. The Morgan fingerprint density at radius 1 is 1.17 bits per heavy atom. The molecule has 0 spiro atoms. The van der Waals surface area contributed by atoms with E-state index in [2.05, 4.69) is 11.2 Å². The molecule has 2 aromatic heterocycles. The van der Waals surface area contributed by atoms with Crippen LogP contribution in [0.3, 0.4) is 0 Å². The number of aliphatic hydroxyl groups is 1. The van der Waals surface area contributed by atoms with Crippen LogP contribution in [0.5, 0.6) is 0 Å². The van der Waals surface area contributed by atoms with Crippen LogP contribution in [0.1, 0.15) is 11.1 Å². The molecule has 2 N–H and O–H groups in total. The van der Waals surface area contributed by atoms with Crippen LogP contribution in [0, 0.1) is 25.1 Å². The summed E-state index contributed by atoms with van der Waals surface area (Å²) in [7, 11) is 0.